The normalized spacial score (nSPS) is 9.65. The van der Waals surface area contributed by atoms with Crippen LogP contribution in [0.15, 0.2) is 265 Å². The second-order valence-corrected chi connectivity index (χ2v) is 29.6. The number of aromatic carboxylic acids is 3. The minimum Gasteiger partial charge on any atom is -0.870 e. The van der Waals surface area contributed by atoms with Crippen molar-refractivity contribution in [1.82, 2.24) is 0 Å². The third-order valence-corrected chi connectivity index (χ3v) is 19.6. The summed E-state index contributed by atoms with van der Waals surface area (Å²) in [6.07, 6.45) is 3.41. The number of carbonyl (C=O) groups is 7. The maximum absolute atomic E-state index is 13.3. The van der Waals surface area contributed by atoms with Gasteiger partial charge in [-0.25, -0.2) is 0 Å². The molecule has 41 nitrogen and oxygen atoms in total. The van der Waals surface area contributed by atoms with Gasteiger partial charge in [0, 0.05) is 158 Å². The molecule has 0 unspecified atom stereocenters. The second-order valence-electron chi connectivity index (χ2n) is 28.5. The Morgan fingerprint density at radius 1 is 0.367 bits per heavy atom. The van der Waals surface area contributed by atoms with E-state index in [-0.39, 0.29) is 335 Å². The first-order valence-corrected chi connectivity index (χ1v) is 39.2. The van der Waals surface area contributed by atoms with Gasteiger partial charge in [0.05, 0.1) is 55.1 Å². The Kier molecular flexibility index (Phi) is 58.6. The summed E-state index contributed by atoms with van der Waals surface area (Å²) in [6, 6.07) is 65.0. The van der Waals surface area contributed by atoms with E-state index in [9.17, 15) is 129 Å². The first-order chi connectivity index (χ1) is 62.5. The molecule has 6 N–H and O–H groups in total. The molecule has 0 radical (unpaired) electrons. The first-order valence-electron chi connectivity index (χ1n) is 38.4. The summed E-state index contributed by atoms with van der Waals surface area (Å²) in [5.41, 5.74) is 2.67. The van der Waals surface area contributed by atoms with Crippen molar-refractivity contribution in [3.8, 4) is 0 Å². The number of anilines is 6. The van der Waals surface area contributed by atoms with E-state index in [1.54, 1.807) is 118 Å². The van der Waals surface area contributed by atoms with E-state index in [1.807, 2.05) is 113 Å². The predicted octanol–water partition coefficient (Wildman–Crippen LogP) is -1.57. The van der Waals surface area contributed by atoms with Crippen molar-refractivity contribution in [2.75, 3.05) is 59.3 Å². The summed E-state index contributed by atoms with van der Waals surface area (Å²) in [5, 5.41) is 121. The van der Waals surface area contributed by atoms with E-state index < -0.39 is 111 Å². The molecular formula is C92H78K5N13O28S-2. The molecule has 0 saturated carbocycles. The summed E-state index contributed by atoms with van der Waals surface area (Å²) >= 11 is 1.22. The minimum atomic E-state index is -2.09. The zero-order valence-corrected chi connectivity index (χ0v) is 93.4. The van der Waals surface area contributed by atoms with Gasteiger partial charge in [-0.05, 0) is 154 Å². The maximum Gasteiger partial charge on any atom is 1.00 e. The van der Waals surface area contributed by atoms with Gasteiger partial charge in [-0.2, -0.15) is 6.07 Å². The fourth-order valence-electron chi connectivity index (χ4n) is 12.2. The molecule has 0 aliphatic rings. The largest absolute Gasteiger partial charge is 1.00 e. The molecule has 0 fully saturated rings. The van der Waals surface area contributed by atoms with E-state index >= 15 is 0 Å². The number of benzene rings is 12. The van der Waals surface area contributed by atoms with Gasteiger partial charge >= 0.3 is 257 Å². The summed E-state index contributed by atoms with van der Waals surface area (Å²) in [5.74, 6) is -10.4. The van der Waals surface area contributed by atoms with Crippen LogP contribution in [0.5, 0.6) is 0 Å². The topological polar surface area (TPSA) is 639 Å². The fourth-order valence-corrected chi connectivity index (χ4v) is 13.1. The number of nitrogens with one attached hydrogen (secondary N) is 4. The van der Waals surface area contributed by atoms with E-state index in [2.05, 4.69) is 21.3 Å². The average molecular weight is 2040 g/mol. The Morgan fingerprint density at radius 3 is 1.22 bits per heavy atom. The molecule has 12 rings (SSSR count). The summed E-state index contributed by atoms with van der Waals surface area (Å²) < 4.78 is 0. The molecule has 0 bridgehead atoms. The molecule has 12 aromatic carbocycles. The second kappa shape index (κ2) is 63.1. The summed E-state index contributed by atoms with van der Waals surface area (Å²) in [6.45, 7) is 9.01. The van der Waals surface area contributed by atoms with Crippen LogP contribution in [0.1, 0.15) is 113 Å². The number of amides is 4. The number of para-hydroxylation sites is 1. The molecule has 692 valence electrons. The van der Waals surface area contributed by atoms with E-state index in [4.69, 9.17) is 0 Å². The Labute approximate surface area is 1010 Å². The van der Waals surface area contributed by atoms with Crippen molar-refractivity contribution in [3.05, 3.63) is 409 Å². The van der Waals surface area contributed by atoms with Crippen LogP contribution in [0.25, 0.3) is 0 Å². The van der Waals surface area contributed by atoms with Gasteiger partial charge in [0.1, 0.15) is 5.56 Å². The third-order valence-electron chi connectivity index (χ3n) is 18.5. The number of non-ortho nitro benzene ring substituents is 1. The SMILES string of the molecule is CN(C)c1ccc(Sc2ccc([N+](=O)[O-])cc2C(=O)[O-])cc1.CN(C)c1cccc(NC(=O)c2c([C-]=O)cccc2[N+](=O)[O-])c1.Cc1cccc(Cc2ccc(C(=O)[O-])cc2[N+](=O)[O-])c1.Cc1cccc(NC(=O)C(C(=O)Nc2cccc(C)c2)c2c([N+](=O)[O-])cc(C(=O)[O-])cc2[N+](=O)[O-])c1.Cc1cccc(NC(=O)c2cccc([N+](=O)[O-])c2[C-]=O)c1.Cc1ccccc1[N+](=O)[O-].[K+].[K+].[K+].[K+].[K+].[OH-].[OH-]. The van der Waals surface area contributed by atoms with Gasteiger partial charge in [-0.1, -0.05) is 132 Å². The molecule has 12 aromatic rings. The quantitative estimate of drug-likeness (QED) is 0.0149. The fraction of sp³-hybridized carbons (Fsp3) is 0.120. The number of nitro benzene ring substituents is 7. The van der Waals surface area contributed by atoms with Gasteiger partial charge in [-0.15, -0.1) is 17.7 Å². The number of nitro groups is 7. The van der Waals surface area contributed by atoms with Crippen molar-refractivity contribution in [2.24, 2.45) is 0 Å². The van der Waals surface area contributed by atoms with E-state index in [0.717, 1.165) is 62.3 Å². The van der Waals surface area contributed by atoms with Crippen LogP contribution in [0.3, 0.4) is 0 Å². The van der Waals surface area contributed by atoms with Crippen LogP contribution in [-0.4, -0.2) is 128 Å². The number of nitrogens with zero attached hydrogens (tertiary/aromatic N) is 9. The molecule has 4 amide bonds. The molecule has 0 aliphatic carbocycles. The van der Waals surface area contributed by atoms with E-state index in [1.165, 1.54) is 90.8 Å². The maximum atomic E-state index is 13.3. The number of rotatable bonds is 27. The van der Waals surface area contributed by atoms with Crippen molar-refractivity contribution in [3.63, 3.8) is 0 Å². The minimum absolute atomic E-state index is 0. The van der Waals surface area contributed by atoms with Crippen molar-refractivity contribution >= 4 is 140 Å². The number of hydrogen-bond donors (Lipinski definition) is 4. The molecule has 0 saturated heterocycles. The van der Waals surface area contributed by atoms with Gasteiger partial charge in [-0.3, -0.25) is 90.0 Å². The standard InChI is InChI=1S/C24H20N4O8.C16H14N3O4.C15H14N2O4S.C15H11N2O4.C15H13NO4.C7H7NO2.5K.2H2O/c1-13-5-3-7-16(9-13)25-22(29)21(23(30)26-17-8-4-6-14(2)10-17)20-18(27(33)34)11-15(24(31)32)12-19(20)28(35)36;1-18(2)13-7-4-6-12(9-13)17-16(21)15-11(10-20)5-3-8-14(15)19(22)23;1-16(2)10-3-6-12(7-4-10)22-14-8-5-11(17(20)21)9-13(14)15(18)19;1-10-4-2-5-11(8-10)16-15(19)12-6-3-7-14(17(20)21)13(12)9-18;1-10-3-2-4-11(7-10)8-12-5-6-13(15(17)18)9-14(12)16(19)20;1-6-4-2-3-5-7(6)8(9)10;;;;;;;/h3-12,21H,1-2H3,(H,25,29)(H,26,30)(H,31,32);3-9H,1-2H3,(H,17,21);3-9H,1-2H3,(H,18,19);2-8H,1H3,(H,16,19);2-7,9H,8H2,1H3,(H,17,18);2-5H,1H3;;;;;;2*1H2/q;-1;;-1;;;5*+1;;/p-5. The summed E-state index contributed by atoms with van der Waals surface area (Å²) in [4.78, 5) is 184. The zero-order chi connectivity index (χ0) is 97.5. The monoisotopic (exact) mass is 2040 g/mol. The first kappa shape index (κ1) is 129. The molecule has 47 heteroatoms. The van der Waals surface area contributed by atoms with Crippen molar-refractivity contribution in [1.29, 1.82) is 0 Å². The average Bonchev–Trinajstić information content (AvgIpc) is 0.759. The van der Waals surface area contributed by atoms with Crippen molar-refractivity contribution < 1.29 is 361 Å². The molecule has 0 aromatic heterocycles. The molecule has 0 spiro atoms. The van der Waals surface area contributed by atoms with Gasteiger partial charge in [0.15, 0.2) is 11.6 Å². The molecule has 139 heavy (non-hydrogen) atoms. The zero-order valence-electron chi connectivity index (χ0n) is 77.0. The number of carboxylic acids is 3. The van der Waals surface area contributed by atoms with Gasteiger partial charge < -0.3 is 81.3 Å². The van der Waals surface area contributed by atoms with Crippen LogP contribution < -0.4 is 303 Å². The summed E-state index contributed by atoms with van der Waals surface area (Å²) in [7, 11) is 7.55. The molecule has 0 aliphatic heterocycles. The Hall–Kier alpha value is -9.88. The smallest absolute Gasteiger partial charge is 0.870 e. The Bertz CT molecular complexity index is 6410. The Morgan fingerprint density at radius 2 is 0.791 bits per heavy atom. The number of carboxylic acid groups (broad SMARTS) is 3. The Balaban J connectivity index is 0.00000167. The van der Waals surface area contributed by atoms with Crippen LogP contribution in [0, 0.1) is 105 Å². The van der Waals surface area contributed by atoms with Gasteiger partial charge in [0.25, 0.3) is 28.4 Å². The van der Waals surface area contributed by atoms with Crippen LogP contribution in [0.2, 0.25) is 0 Å². The number of aryl methyl sites for hydroxylation is 5. The van der Waals surface area contributed by atoms with Crippen LogP contribution in [0.4, 0.5) is 73.9 Å². The third kappa shape index (κ3) is 39.5. The molecular weight excluding hydrogens is 1960 g/mol. The van der Waals surface area contributed by atoms with Crippen LogP contribution >= 0.6 is 11.8 Å². The van der Waals surface area contributed by atoms with Crippen LogP contribution in [-0.2, 0) is 25.6 Å². The predicted molar refractivity (Wildman–Crippen MR) is 486 cm³/mol. The van der Waals surface area contributed by atoms with E-state index in [0.29, 0.717) is 46.0 Å². The van der Waals surface area contributed by atoms with Gasteiger partial charge in [0.2, 0.25) is 29.3 Å². The van der Waals surface area contributed by atoms with Crippen molar-refractivity contribution in [2.45, 2.75) is 56.7 Å². The molecule has 0 atom stereocenters. The molecule has 0 heterocycles. The number of hydrogen-bond acceptors (Lipinski definition) is 31. The number of carbonyl (C=O) groups excluding carboxylic acids is 9.